The summed E-state index contributed by atoms with van der Waals surface area (Å²) in [5.74, 6) is 0. The van der Waals surface area contributed by atoms with Crippen molar-refractivity contribution < 1.29 is 13.2 Å². The molecule has 0 saturated carbocycles. The minimum absolute atomic E-state index is 0.197. The molecule has 1 atom stereocenters. The number of aromatic nitrogens is 1. The Kier molecular flexibility index (Phi) is 5.44. The van der Waals surface area contributed by atoms with Crippen molar-refractivity contribution in [2.75, 3.05) is 14.1 Å². The average Bonchev–Trinajstić information content (AvgIpc) is 2.96. The Morgan fingerprint density at radius 3 is 2.52 bits per heavy atom. The molecule has 2 nitrogen and oxygen atoms in total. The maximum Gasteiger partial charge on any atom is 0.416 e. The molecule has 27 heavy (non-hydrogen) atoms. The summed E-state index contributed by atoms with van der Waals surface area (Å²) in [5.41, 5.74) is 3.51. The van der Waals surface area contributed by atoms with Gasteiger partial charge in [-0.15, -0.1) is 0 Å². The number of hydrogen-bond donors (Lipinski definition) is 1. The number of aryl methyl sites for hydroxylation is 1. The van der Waals surface area contributed by atoms with Gasteiger partial charge < -0.3 is 9.88 Å². The highest BCUT2D eigenvalue weighted by Crippen LogP contribution is 2.41. The topological polar surface area (TPSA) is 19.0 Å². The van der Waals surface area contributed by atoms with Gasteiger partial charge in [-0.3, -0.25) is 0 Å². The Balaban J connectivity index is 1.93. The van der Waals surface area contributed by atoms with E-state index < -0.39 is 11.7 Å². The molecular weight excluding hydrogens is 349 g/mol. The van der Waals surface area contributed by atoms with Gasteiger partial charge in [0.2, 0.25) is 0 Å². The molecule has 0 spiro atoms. The molecule has 0 fully saturated rings. The van der Waals surface area contributed by atoms with Gasteiger partial charge in [-0.25, -0.2) is 0 Å². The lowest BCUT2D eigenvalue weighted by Crippen LogP contribution is -2.45. The average molecular weight is 378 g/mol. The molecule has 1 N–H and O–H groups in total. The van der Waals surface area contributed by atoms with Crippen molar-refractivity contribution in [3.63, 3.8) is 0 Å². The first-order chi connectivity index (χ1) is 12.7. The van der Waals surface area contributed by atoms with Crippen LogP contribution >= 0.6 is 0 Å². The molecule has 1 aromatic carbocycles. The summed E-state index contributed by atoms with van der Waals surface area (Å²) < 4.78 is 39.1. The lowest BCUT2D eigenvalue weighted by atomic mass is 9.77. The molecule has 0 radical (unpaired) electrons. The van der Waals surface area contributed by atoms with Gasteiger partial charge in [-0.2, -0.15) is 13.2 Å². The number of nitrogens with zero attached hydrogens (tertiary/aromatic N) is 1. The summed E-state index contributed by atoms with van der Waals surface area (Å²) in [6, 6.07) is 3.96. The molecular formula is C22H29F3N2. The maximum absolute atomic E-state index is 13.0. The first-order valence-electron chi connectivity index (χ1n) is 9.74. The SMILES string of the molecule is CCCCC1(N(C)C)CC=C(c2[nH]c3ccc(C(F)(F)F)cc3c2C)CC1. The summed E-state index contributed by atoms with van der Waals surface area (Å²) in [6.45, 7) is 4.14. The van der Waals surface area contributed by atoms with Crippen LogP contribution < -0.4 is 0 Å². The Labute approximate surface area is 159 Å². The summed E-state index contributed by atoms with van der Waals surface area (Å²) in [7, 11) is 4.31. The molecule has 1 aliphatic rings. The van der Waals surface area contributed by atoms with Crippen molar-refractivity contribution in [1.29, 1.82) is 0 Å². The van der Waals surface area contributed by atoms with Gasteiger partial charge in [-0.1, -0.05) is 25.8 Å². The summed E-state index contributed by atoms with van der Waals surface area (Å²) in [5, 5.41) is 0.663. The zero-order chi connectivity index (χ0) is 19.8. The first-order valence-corrected chi connectivity index (χ1v) is 9.74. The largest absolute Gasteiger partial charge is 0.416 e. The van der Waals surface area contributed by atoms with Crippen LogP contribution in [0, 0.1) is 6.92 Å². The smallest absolute Gasteiger partial charge is 0.355 e. The highest BCUT2D eigenvalue weighted by Gasteiger charge is 2.34. The van der Waals surface area contributed by atoms with Crippen molar-refractivity contribution in [1.82, 2.24) is 9.88 Å². The van der Waals surface area contributed by atoms with Crippen molar-refractivity contribution in [3.8, 4) is 0 Å². The van der Waals surface area contributed by atoms with E-state index in [4.69, 9.17) is 0 Å². The monoisotopic (exact) mass is 378 g/mol. The second-order valence-electron chi connectivity index (χ2n) is 8.04. The zero-order valence-corrected chi connectivity index (χ0v) is 16.6. The van der Waals surface area contributed by atoms with Gasteiger partial charge in [0.25, 0.3) is 0 Å². The van der Waals surface area contributed by atoms with E-state index in [1.165, 1.54) is 30.9 Å². The van der Waals surface area contributed by atoms with Gasteiger partial charge in [0.1, 0.15) is 0 Å². The number of benzene rings is 1. The van der Waals surface area contributed by atoms with Crippen molar-refractivity contribution in [2.24, 2.45) is 0 Å². The first kappa shape index (κ1) is 20.0. The quantitative estimate of drug-likeness (QED) is 0.625. The Bertz CT molecular complexity index is 845. The van der Waals surface area contributed by atoms with Crippen LogP contribution in [-0.2, 0) is 6.18 Å². The summed E-state index contributed by atoms with van der Waals surface area (Å²) >= 11 is 0. The number of hydrogen-bond acceptors (Lipinski definition) is 1. The number of aromatic amines is 1. The van der Waals surface area contributed by atoms with Gasteiger partial charge in [0, 0.05) is 22.1 Å². The molecule has 1 heterocycles. The molecule has 0 aliphatic heterocycles. The highest BCUT2D eigenvalue weighted by molar-refractivity contribution is 5.89. The number of fused-ring (bicyclic) bond motifs is 1. The number of unbranched alkanes of at least 4 members (excludes halogenated alkanes) is 1. The number of rotatable bonds is 5. The Hall–Kier alpha value is -1.75. The van der Waals surface area contributed by atoms with Crippen LogP contribution in [0.2, 0.25) is 0 Å². The third-order valence-electron chi connectivity index (χ3n) is 6.24. The lowest BCUT2D eigenvalue weighted by molar-refractivity contribution is -0.137. The van der Waals surface area contributed by atoms with Crippen LogP contribution in [0.1, 0.15) is 62.3 Å². The summed E-state index contributed by atoms with van der Waals surface area (Å²) in [6.07, 6.45) is 4.57. The number of halogens is 3. The fraction of sp³-hybridized carbons (Fsp3) is 0.545. The van der Waals surface area contributed by atoms with E-state index in [0.717, 1.165) is 42.1 Å². The van der Waals surface area contributed by atoms with Gasteiger partial charge in [0.15, 0.2) is 0 Å². The predicted octanol–water partition coefficient (Wildman–Crippen LogP) is 6.55. The van der Waals surface area contributed by atoms with E-state index in [0.29, 0.717) is 5.39 Å². The van der Waals surface area contributed by atoms with Crippen LogP contribution in [0.4, 0.5) is 13.2 Å². The fourth-order valence-corrected chi connectivity index (χ4v) is 4.30. The van der Waals surface area contributed by atoms with E-state index >= 15 is 0 Å². The predicted molar refractivity (Wildman–Crippen MR) is 106 cm³/mol. The van der Waals surface area contributed by atoms with E-state index in [-0.39, 0.29) is 5.54 Å². The number of alkyl halides is 3. The molecule has 0 bridgehead atoms. The van der Waals surface area contributed by atoms with E-state index in [1.807, 2.05) is 6.92 Å². The Morgan fingerprint density at radius 1 is 1.22 bits per heavy atom. The number of allylic oxidation sites excluding steroid dienone is 1. The molecule has 148 valence electrons. The van der Waals surface area contributed by atoms with Crippen molar-refractivity contribution in [3.05, 3.63) is 41.1 Å². The molecule has 3 rings (SSSR count). The van der Waals surface area contributed by atoms with E-state index in [2.05, 4.69) is 37.0 Å². The standard InChI is InChI=1S/C22H29F3N2/c1-5-6-11-21(27(3)4)12-9-16(10-13-21)20-15(2)18-14-17(22(23,24)25)7-8-19(18)26-20/h7-9,14,26H,5-6,10-13H2,1-4H3. The summed E-state index contributed by atoms with van der Waals surface area (Å²) in [4.78, 5) is 5.71. The zero-order valence-electron chi connectivity index (χ0n) is 16.6. The molecule has 1 unspecified atom stereocenters. The minimum atomic E-state index is -4.31. The second-order valence-corrected chi connectivity index (χ2v) is 8.04. The fourth-order valence-electron chi connectivity index (χ4n) is 4.30. The lowest BCUT2D eigenvalue weighted by Gasteiger charge is -2.42. The van der Waals surface area contributed by atoms with Crippen molar-refractivity contribution in [2.45, 2.75) is 64.1 Å². The molecule has 0 saturated heterocycles. The van der Waals surface area contributed by atoms with E-state index in [1.54, 1.807) is 6.07 Å². The number of nitrogens with one attached hydrogen (secondary N) is 1. The van der Waals surface area contributed by atoms with Crippen LogP contribution in [0.3, 0.4) is 0 Å². The maximum atomic E-state index is 13.0. The van der Waals surface area contributed by atoms with Crippen LogP contribution in [0.25, 0.3) is 16.5 Å². The Morgan fingerprint density at radius 2 is 1.96 bits per heavy atom. The second kappa shape index (κ2) is 7.34. The van der Waals surface area contributed by atoms with Crippen LogP contribution in [0.15, 0.2) is 24.3 Å². The van der Waals surface area contributed by atoms with E-state index in [9.17, 15) is 13.2 Å². The third-order valence-corrected chi connectivity index (χ3v) is 6.24. The van der Waals surface area contributed by atoms with Crippen molar-refractivity contribution >= 4 is 16.5 Å². The van der Waals surface area contributed by atoms with Crippen LogP contribution in [-0.4, -0.2) is 29.5 Å². The molecule has 5 heteroatoms. The van der Waals surface area contributed by atoms with Gasteiger partial charge >= 0.3 is 6.18 Å². The molecule has 1 aromatic heterocycles. The van der Waals surface area contributed by atoms with Crippen LogP contribution in [0.5, 0.6) is 0 Å². The molecule has 0 amide bonds. The third kappa shape index (κ3) is 3.79. The molecule has 2 aromatic rings. The normalized spacial score (nSPS) is 21.1. The minimum Gasteiger partial charge on any atom is -0.355 e. The van der Waals surface area contributed by atoms with Gasteiger partial charge in [0.05, 0.1) is 5.56 Å². The van der Waals surface area contributed by atoms with Gasteiger partial charge in [-0.05, 0) is 76.0 Å². The highest BCUT2D eigenvalue weighted by atomic mass is 19.4. The molecule has 1 aliphatic carbocycles. The number of H-pyrrole nitrogens is 1.